The molecule has 3 nitrogen and oxygen atoms in total. The smallest absolute Gasteiger partial charge is 0.171 e. The summed E-state index contributed by atoms with van der Waals surface area (Å²) in [6, 6.07) is 0.905. The monoisotopic (exact) mass is 229 g/mol. The number of hydrogen-bond donors (Lipinski definition) is 1. The van der Waals surface area contributed by atoms with Gasteiger partial charge in [0.2, 0.25) is 0 Å². The van der Waals surface area contributed by atoms with Gasteiger partial charge in [0.25, 0.3) is 0 Å². The molecule has 0 aromatic rings. The molecule has 1 unspecified atom stereocenters. The molecule has 0 amide bonds. The molecule has 96 valence electrons. The summed E-state index contributed by atoms with van der Waals surface area (Å²) < 4.78 is 10.5. The lowest BCUT2D eigenvalue weighted by molar-refractivity contribution is -0.121. The zero-order chi connectivity index (χ0) is 11.8. The molecule has 16 heavy (non-hydrogen) atoms. The van der Waals surface area contributed by atoms with Gasteiger partial charge in [0.1, 0.15) is 0 Å². The van der Waals surface area contributed by atoms with E-state index in [0.29, 0.717) is 6.04 Å². The number of rotatable bonds is 5. The lowest BCUT2D eigenvalue weighted by Crippen LogP contribution is -2.45. The molecule has 0 heterocycles. The van der Waals surface area contributed by atoms with Crippen molar-refractivity contribution in [1.29, 1.82) is 0 Å². The van der Waals surface area contributed by atoms with Gasteiger partial charge >= 0.3 is 0 Å². The Morgan fingerprint density at radius 1 is 0.938 bits per heavy atom. The molecular formula is C13H27NO2. The summed E-state index contributed by atoms with van der Waals surface area (Å²) in [5.41, 5.74) is 0. The highest BCUT2D eigenvalue weighted by Crippen LogP contribution is 2.18. The molecule has 0 aromatic carbocycles. The molecule has 3 heteroatoms. The van der Waals surface area contributed by atoms with E-state index >= 15 is 0 Å². The SMILES string of the molecule is COC(OC)C(C)NC1CCCCCCC1. The second-order valence-corrected chi connectivity index (χ2v) is 4.84. The zero-order valence-corrected chi connectivity index (χ0v) is 11.0. The van der Waals surface area contributed by atoms with Crippen LogP contribution in [0.3, 0.4) is 0 Å². The third-order valence-electron chi connectivity index (χ3n) is 3.48. The minimum absolute atomic E-state index is 0.134. The van der Waals surface area contributed by atoms with Crippen molar-refractivity contribution in [3.05, 3.63) is 0 Å². The standard InChI is InChI=1S/C13H27NO2/c1-11(13(15-2)16-3)14-12-9-7-5-4-6-8-10-12/h11-14H,4-10H2,1-3H3. The molecule has 1 rings (SSSR count). The molecule has 0 aromatic heterocycles. The van der Waals surface area contributed by atoms with Gasteiger partial charge in [-0.3, -0.25) is 0 Å². The first-order chi connectivity index (χ1) is 7.77. The van der Waals surface area contributed by atoms with Crippen LogP contribution in [0.15, 0.2) is 0 Å². The van der Waals surface area contributed by atoms with E-state index in [-0.39, 0.29) is 12.3 Å². The van der Waals surface area contributed by atoms with Crippen LogP contribution in [0.2, 0.25) is 0 Å². The van der Waals surface area contributed by atoms with Gasteiger partial charge in [-0.25, -0.2) is 0 Å². The molecule has 0 aliphatic heterocycles. The highest BCUT2D eigenvalue weighted by atomic mass is 16.7. The first-order valence-corrected chi connectivity index (χ1v) is 6.59. The summed E-state index contributed by atoms with van der Waals surface area (Å²) in [5.74, 6) is 0. The summed E-state index contributed by atoms with van der Waals surface area (Å²) in [5, 5.41) is 3.64. The summed E-state index contributed by atoms with van der Waals surface area (Å²) in [6.45, 7) is 2.14. The maximum Gasteiger partial charge on any atom is 0.171 e. The van der Waals surface area contributed by atoms with Gasteiger partial charge < -0.3 is 14.8 Å². The Bertz CT molecular complexity index is 163. The van der Waals surface area contributed by atoms with Crippen LogP contribution in [0.5, 0.6) is 0 Å². The van der Waals surface area contributed by atoms with Gasteiger partial charge in [0, 0.05) is 20.3 Å². The summed E-state index contributed by atoms with van der Waals surface area (Å²) in [6.07, 6.45) is 9.38. The number of methoxy groups -OCH3 is 2. The highest BCUT2D eigenvalue weighted by molar-refractivity contribution is 4.75. The first-order valence-electron chi connectivity index (χ1n) is 6.59. The molecule has 1 fully saturated rings. The average Bonchev–Trinajstić information content (AvgIpc) is 2.23. The van der Waals surface area contributed by atoms with E-state index in [9.17, 15) is 0 Å². The second kappa shape index (κ2) is 8.04. The van der Waals surface area contributed by atoms with Crippen molar-refractivity contribution in [2.45, 2.75) is 70.2 Å². The first kappa shape index (κ1) is 13.9. The molecular weight excluding hydrogens is 202 g/mol. The third kappa shape index (κ3) is 4.81. The maximum absolute atomic E-state index is 5.27. The van der Waals surface area contributed by atoms with Crippen LogP contribution in [-0.4, -0.2) is 32.6 Å². The normalized spacial score (nSPS) is 21.8. The van der Waals surface area contributed by atoms with Gasteiger partial charge in [0.15, 0.2) is 6.29 Å². The predicted molar refractivity (Wildman–Crippen MR) is 66.5 cm³/mol. The van der Waals surface area contributed by atoms with Crippen molar-refractivity contribution in [3.63, 3.8) is 0 Å². The Morgan fingerprint density at radius 3 is 1.94 bits per heavy atom. The Kier molecular flexibility index (Phi) is 7.01. The fourth-order valence-electron chi connectivity index (χ4n) is 2.58. The van der Waals surface area contributed by atoms with E-state index in [4.69, 9.17) is 9.47 Å². The van der Waals surface area contributed by atoms with E-state index in [1.54, 1.807) is 14.2 Å². The van der Waals surface area contributed by atoms with E-state index in [1.165, 1.54) is 44.9 Å². The molecule has 0 bridgehead atoms. The van der Waals surface area contributed by atoms with Gasteiger partial charge in [-0.15, -0.1) is 0 Å². The minimum atomic E-state index is -0.134. The highest BCUT2D eigenvalue weighted by Gasteiger charge is 2.20. The van der Waals surface area contributed by atoms with Crippen LogP contribution in [0.1, 0.15) is 51.9 Å². The summed E-state index contributed by atoms with van der Waals surface area (Å²) >= 11 is 0. The van der Waals surface area contributed by atoms with Crippen molar-refractivity contribution in [2.24, 2.45) is 0 Å². The molecule has 1 atom stereocenters. The molecule has 1 N–H and O–H groups in total. The van der Waals surface area contributed by atoms with Crippen molar-refractivity contribution >= 4 is 0 Å². The van der Waals surface area contributed by atoms with Gasteiger partial charge in [-0.1, -0.05) is 32.1 Å². The second-order valence-electron chi connectivity index (χ2n) is 4.84. The molecule has 0 saturated heterocycles. The van der Waals surface area contributed by atoms with Crippen LogP contribution >= 0.6 is 0 Å². The van der Waals surface area contributed by atoms with Gasteiger partial charge in [0.05, 0.1) is 6.04 Å². The van der Waals surface area contributed by atoms with Crippen molar-refractivity contribution in [3.8, 4) is 0 Å². The Morgan fingerprint density at radius 2 is 1.44 bits per heavy atom. The average molecular weight is 229 g/mol. The molecule has 0 spiro atoms. The minimum Gasteiger partial charge on any atom is -0.354 e. The van der Waals surface area contributed by atoms with Crippen molar-refractivity contribution in [1.82, 2.24) is 5.32 Å². The third-order valence-corrected chi connectivity index (χ3v) is 3.48. The quantitative estimate of drug-likeness (QED) is 0.735. The van der Waals surface area contributed by atoms with Crippen LogP contribution < -0.4 is 5.32 Å². The number of nitrogens with one attached hydrogen (secondary N) is 1. The van der Waals surface area contributed by atoms with Crippen LogP contribution in [-0.2, 0) is 9.47 Å². The molecule has 1 aliphatic carbocycles. The predicted octanol–water partition coefficient (Wildman–Crippen LogP) is 2.70. The Hall–Kier alpha value is -0.120. The van der Waals surface area contributed by atoms with E-state index in [1.807, 2.05) is 0 Å². The Labute approximate surface area is 99.9 Å². The van der Waals surface area contributed by atoms with Crippen LogP contribution in [0.4, 0.5) is 0 Å². The number of ether oxygens (including phenoxy) is 2. The topological polar surface area (TPSA) is 30.5 Å². The largest absolute Gasteiger partial charge is 0.354 e. The van der Waals surface area contributed by atoms with Crippen LogP contribution in [0.25, 0.3) is 0 Å². The van der Waals surface area contributed by atoms with Gasteiger partial charge in [-0.05, 0) is 19.8 Å². The van der Waals surface area contributed by atoms with Crippen molar-refractivity contribution in [2.75, 3.05) is 14.2 Å². The molecule has 1 aliphatic rings. The van der Waals surface area contributed by atoms with E-state index in [2.05, 4.69) is 12.2 Å². The lowest BCUT2D eigenvalue weighted by Gasteiger charge is -2.28. The number of hydrogen-bond acceptors (Lipinski definition) is 3. The molecule has 0 radical (unpaired) electrons. The fourth-order valence-corrected chi connectivity index (χ4v) is 2.58. The summed E-state index contributed by atoms with van der Waals surface area (Å²) in [4.78, 5) is 0. The van der Waals surface area contributed by atoms with E-state index < -0.39 is 0 Å². The lowest BCUT2D eigenvalue weighted by atomic mass is 9.96. The Balaban J connectivity index is 2.32. The molecule has 1 saturated carbocycles. The van der Waals surface area contributed by atoms with Crippen molar-refractivity contribution < 1.29 is 9.47 Å². The fraction of sp³-hybridized carbons (Fsp3) is 1.00. The van der Waals surface area contributed by atoms with Gasteiger partial charge in [-0.2, -0.15) is 0 Å². The van der Waals surface area contributed by atoms with Crippen LogP contribution in [0, 0.1) is 0 Å². The maximum atomic E-state index is 5.27. The van der Waals surface area contributed by atoms with E-state index in [0.717, 1.165) is 0 Å². The summed E-state index contributed by atoms with van der Waals surface area (Å²) in [7, 11) is 3.40. The zero-order valence-electron chi connectivity index (χ0n) is 11.0.